The number of hydrogen-bond acceptors (Lipinski definition) is 2. The molecule has 0 bridgehead atoms. The van der Waals surface area contributed by atoms with Gasteiger partial charge in [-0.25, -0.2) is 0 Å². The Morgan fingerprint density at radius 3 is 2.35 bits per heavy atom. The second kappa shape index (κ2) is 5.14. The van der Waals surface area contributed by atoms with E-state index in [1.165, 1.54) is 12.1 Å². The molecule has 0 fully saturated rings. The van der Waals surface area contributed by atoms with Crippen molar-refractivity contribution in [1.29, 1.82) is 0 Å². The van der Waals surface area contributed by atoms with Gasteiger partial charge in [-0.15, -0.1) is 12.4 Å². The predicted octanol–water partition coefficient (Wildman–Crippen LogP) is 3.13. The second-order valence-corrected chi connectivity index (χ2v) is 3.65. The van der Waals surface area contributed by atoms with Crippen molar-refractivity contribution < 1.29 is 17.9 Å². The van der Waals surface area contributed by atoms with Crippen molar-refractivity contribution in [3.63, 3.8) is 0 Å². The van der Waals surface area contributed by atoms with E-state index in [4.69, 9.17) is 4.74 Å². The average molecular weight is 268 g/mol. The molecule has 6 heteroatoms. The van der Waals surface area contributed by atoms with E-state index in [-0.39, 0.29) is 24.8 Å². The molecule has 0 spiro atoms. The highest BCUT2D eigenvalue weighted by Crippen LogP contribution is 2.38. The van der Waals surface area contributed by atoms with Crippen LogP contribution < -0.4 is 10.1 Å². The number of rotatable bonds is 2. The van der Waals surface area contributed by atoms with Crippen LogP contribution in [0.3, 0.4) is 0 Å². The van der Waals surface area contributed by atoms with Crippen LogP contribution in [0.2, 0.25) is 0 Å². The zero-order valence-electron chi connectivity index (χ0n) is 9.23. The Kier molecular flexibility index (Phi) is 4.27. The topological polar surface area (TPSA) is 21.3 Å². The smallest absolute Gasteiger partial charge is 0.419 e. The summed E-state index contributed by atoms with van der Waals surface area (Å²) in [6.45, 7) is 3.00. The van der Waals surface area contributed by atoms with Gasteiger partial charge in [-0.3, -0.25) is 0 Å². The number of ether oxygens (including phenoxy) is 1. The molecule has 1 aliphatic rings. The number of halogens is 4. The van der Waals surface area contributed by atoms with Crippen molar-refractivity contribution in [2.24, 2.45) is 0 Å². The molecule has 0 saturated heterocycles. The van der Waals surface area contributed by atoms with Gasteiger partial charge in [0.05, 0.1) is 12.2 Å². The highest BCUT2D eigenvalue weighted by atomic mass is 35.5. The number of alkyl halides is 3. The summed E-state index contributed by atoms with van der Waals surface area (Å²) in [7, 11) is 0. The molecule has 1 N–H and O–H groups in total. The lowest BCUT2D eigenvalue weighted by Gasteiger charge is -2.14. The Morgan fingerprint density at radius 2 is 1.82 bits per heavy atom. The minimum absolute atomic E-state index is 0. The van der Waals surface area contributed by atoms with Gasteiger partial charge >= 0.3 is 6.18 Å². The Balaban J connectivity index is 0.00000144. The van der Waals surface area contributed by atoms with Gasteiger partial charge < -0.3 is 10.1 Å². The van der Waals surface area contributed by atoms with Crippen LogP contribution in [0.5, 0.6) is 5.75 Å². The first-order chi connectivity index (χ1) is 7.52. The molecule has 0 aliphatic carbocycles. The molecule has 2 rings (SSSR count). The van der Waals surface area contributed by atoms with Crippen LogP contribution in [0.4, 0.5) is 13.2 Å². The van der Waals surface area contributed by atoms with Crippen molar-refractivity contribution in [3.05, 3.63) is 28.8 Å². The second-order valence-electron chi connectivity index (χ2n) is 3.65. The maximum Gasteiger partial charge on any atom is 0.419 e. The first kappa shape index (κ1) is 14.1. The molecule has 1 aromatic rings. The number of fused-ring (bicyclic) bond motifs is 1. The van der Waals surface area contributed by atoms with E-state index in [1.54, 1.807) is 6.92 Å². The van der Waals surface area contributed by atoms with E-state index in [0.717, 1.165) is 5.56 Å². The van der Waals surface area contributed by atoms with Gasteiger partial charge in [-0.1, -0.05) is 0 Å². The van der Waals surface area contributed by atoms with Gasteiger partial charge in [0.15, 0.2) is 0 Å². The first-order valence-corrected chi connectivity index (χ1v) is 5.09. The van der Waals surface area contributed by atoms with Crippen LogP contribution in [-0.4, -0.2) is 6.61 Å². The zero-order chi connectivity index (χ0) is 11.8. The summed E-state index contributed by atoms with van der Waals surface area (Å²) < 4.78 is 43.3. The van der Waals surface area contributed by atoms with Gasteiger partial charge in [0.2, 0.25) is 0 Å². The van der Waals surface area contributed by atoms with E-state index in [0.29, 0.717) is 18.7 Å². The minimum Gasteiger partial charge on any atom is -0.493 e. The van der Waals surface area contributed by atoms with Crippen molar-refractivity contribution in [3.8, 4) is 5.75 Å². The molecule has 17 heavy (non-hydrogen) atoms. The maximum atomic E-state index is 12.7. The molecule has 0 radical (unpaired) electrons. The fraction of sp³-hybridized carbons (Fsp3) is 0.455. The molecule has 2 nitrogen and oxygen atoms in total. The third-order valence-corrected chi connectivity index (χ3v) is 2.54. The van der Waals surface area contributed by atoms with E-state index in [2.05, 4.69) is 5.32 Å². The van der Waals surface area contributed by atoms with E-state index >= 15 is 0 Å². The molecule has 96 valence electrons. The van der Waals surface area contributed by atoms with Gasteiger partial charge in [0.1, 0.15) is 5.75 Å². The van der Waals surface area contributed by atoms with Crippen molar-refractivity contribution in [2.75, 3.05) is 6.61 Å². The third-order valence-electron chi connectivity index (χ3n) is 2.54. The summed E-state index contributed by atoms with van der Waals surface area (Å²) in [5, 5.41) is 3.01. The van der Waals surface area contributed by atoms with Crippen molar-refractivity contribution >= 4 is 12.4 Å². The van der Waals surface area contributed by atoms with Crippen LogP contribution in [0.1, 0.15) is 23.6 Å². The highest BCUT2D eigenvalue weighted by Gasteiger charge is 2.35. The highest BCUT2D eigenvalue weighted by molar-refractivity contribution is 5.85. The summed E-state index contributed by atoms with van der Waals surface area (Å²) in [4.78, 5) is 0. The number of benzene rings is 1. The standard InChI is InChI=1S/C11H12F3NO.ClH/c1-2-16-10-4-8-6-15-5-7(8)3-9(10)11(12,13)14;/h3-4,15H,2,5-6H2,1H3;1H. The normalized spacial score (nSPS) is 14.1. The van der Waals surface area contributed by atoms with Crippen LogP contribution in [0, 0.1) is 0 Å². The van der Waals surface area contributed by atoms with Gasteiger partial charge in [-0.2, -0.15) is 13.2 Å². The van der Waals surface area contributed by atoms with E-state index in [1.807, 2.05) is 0 Å². The fourth-order valence-corrected chi connectivity index (χ4v) is 1.82. The lowest BCUT2D eigenvalue weighted by Crippen LogP contribution is -2.09. The third kappa shape index (κ3) is 2.84. The van der Waals surface area contributed by atoms with Crippen LogP contribution in [-0.2, 0) is 19.3 Å². The Labute approximate surface area is 104 Å². The van der Waals surface area contributed by atoms with Crippen molar-refractivity contribution in [2.45, 2.75) is 26.2 Å². The molecule has 0 saturated carbocycles. The van der Waals surface area contributed by atoms with Crippen LogP contribution in [0.25, 0.3) is 0 Å². The lowest BCUT2D eigenvalue weighted by molar-refractivity contribution is -0.138. The predicted molar refractivity (Wildman–Crippen MR) is 60.4 cm³/mol. The summed E-state index contributed by atoms with van der Waals surface area (Å²) >= 11 is 0. The Bertz CT molecular complexity index is 406. The summed E-state index contributed by atoms with van der Waals surface area (Å²) in [5.74, 6) is -0.0718. The molecule has 0 atom stereocenters. The summed E-state index contributed by atoms with van der Waals surface area (Å²) in [5.41, 5.74) is 0.907. The number of nitrogens with one attached hydrogen (secondary N) is 1. The van der Waals surface area contributed by atoms with Crippen LogP contribution in [0.15, 0.2) is 12.1 Å². The first-order valence-electron chi connectivity index (χ1n) is 5.09. The van der Waals surface area contributed by atoms with E-state index < -0.39 is 11.7 Å². The molecular formula is C11H13ClF3NO. The summed E-state index contributed by atoms with van der Waals surface area (Å²) in [6.07, 6.45) is -4.36. The molecule has 1 aromatic carbocycles. The fourth-order valence-electron chi connectivity index (χ4n) is 1.82. The SMILES string of the molecule is CCOc1cc2c(cc1C(F)(F)F)CNC2.Cl. The van der Waals surface area contributed by atoms with Crippen LogP contribution >= 0.6 is 12.4 Å². The van der Waals surface area contributed by atoms with E-state index in [9.17, 15) is 13.2 Å². The van der Waals surface area contributed by atoms with Gasteiger partial charge in [0.25, 0.3) is 0 Å². The molecule has 0 unspecified atom stereocenters. The Morgan fingerprint density at radius 1 is 1.24 bits per heavy atom. The minimum atomic E-state index is -4.36. The molecule has 0 aromatic heterocycles. The Hall–Kier alpha value is -0.940. The molecule has 1 heterocycles. The van der Waals surface area contributed by atoms with Gasteiger partial charge in [-0.05, 0) is 30.2 Å². The van der Waals surface area contributed by atoms with Crippen molar-refractivity contribution in [1.82, 2.24) is 5.32 Å². The summed E-state index contributed by atoms with van der Waals surface area (Å²) in [6, 6.07) is 2.67. The monoisotopic (exact) mass is 267 g/mol. The quantitative estimate of drug-likeness (QED) is 0.889. The average Bonchev–Trinajstić information content (AvgIpc) is 2.62. The maximum absolute atomic E-state index is 12.7. The largest absolute Gasteiger partial charge is 0.493 e. The molecule has 1 aliphatic heterocycles. The van der Waals surface area contributed by atoms with Gasteiger partial charge in [0, 0.05) is 13.1 Å². The molecular weight excluding hydrogens is 255 g/mol. The number of hydrogen-bond donors (Lipinski definition) is 1. The lowest BCUT2D eigenvalue weighted by atomic mass is 10.0. The molecule has 0 amide bonds. The zero-order valence-corrected chi connectivity index (χ0v) is 10.0.